The number of aliphatic hydroxyl groups is 3. The van der Waals surface area contributed by atoms with Crippen LogP contribution in [0.3, 0.4) is 0 Å². The van der Waals surface area contributed by atoms with Crippen LogP contribution >= 0.6 is 0 Å². The average Bonchev–Trinajstić information content (AvgIpc) is 3.01. The molecule has 2 rings (SSSR count). The fourth-order valence-electron chi connectivity index (χ4n) is 3.83. The highest BCUT2D eigenvalue weighted by Crippen LogP contribution is 1.91. The minimum Gasteiger partial charge on any atom is -0.462 e. The molecule has 0 radical (unpaired) electrons. The molecular weight excluding hydrogens is 640 g/mol. The van der Waals surface area contributed by atoms with E-state index in [4.69, 9.17) is 18.9 Å². The quantitative estimate of drug-likeness (QED) is 0.0977. The Hall–Kier alpha value is -4.93. The topological polar surface area (TPSA) is 281 Å². The maximum absolute atomic E-state index is 13.1. The van der Waals surface area contributed by atoms with Crippen LogP contribution in [0.1, 0.15) is 13.8 Å². The first-order chi connectivity index (χ1) is 22.1. The normalized spacial score (nSPS) is 12.4. The summed E-state index contributed by atoms with van der Waals surface area (Å²) in [6, 6.07) is 0. The van der Waals surface area contributed by atoms with E-state index in [1.807, 2.05) is 0 Å². The number of carbonyl (C=O) groups is 3. The number of esters is 3. The fourth-order valence-corrected chi connectivity index (χ4v) is 3.83. The molecule has 2 aromatic rings. The van der Waals surface area contributed by atoms with Crippen LogP contribution in [0.25, 0.3) is 0 Å². The minimum absolute atomic E-state index is 0.0769. The number of methoxy groups -OCH3 is 1. The Morgan fingerprint density at radius 1 is 0.553 bits per heavy atom. The van der Waals surface area contributed by atoms with Crippen molar-refractivity contribution >= 4 is 17.9 Å². The maximum Gasteiger partial charge on any atom is 0.337 e. The van der Waals surface area contributed by atoms with Gasteiger partial charge < -0.3 is 34.3 Å². The van der Waals surface area contributed by atoms with Crippen LogP contribution < -0.4 is 34.1 Å². The summed E-state index contributed by atoms with van der Waals surface area (Å²) in [5, 5.41) is 27.9. The van der Waals surface area contributed by atoms with Gasteiger partial charge in [-0.15, -0.1) is 0 Å². The van der Waals surface area contributed by atoms with E-state index in [2.05, 4.69) is 0 Å². The zero-order chi connectivity index (χ0) is 35.4. The molecule has 0 aliphatic carbocycles. The second-order valence-corrected chi connectivity index (χ2v) is 9.91. The Morgan fingerprint density at radius 2 is 0.872 bits per heavy atom. The van der Waals surface area contributed by atoms with Gasteiger partial charge in [0.1, 0.15) is 39.5 Å². The second-order valence-electron chi connectivity index (χ2n) is 9.91. The lowest BCUT2D eigenvalue weighted by Crippen LogP contribution is -2.56. The SMILES string of the molecule is COCCn1c(=O)n(CCO)c(=O)n(CCOC(=O)Cn2c(=O)n(CC(=O)OCC(C)O)c(=O)n(CC(=O)OCC(C)O)c2=O)c1=O. The first-order valence-corrected chi connectivity index (χ1v) is 14.0. The summed E-state index contributed by atoms with van der Waals surface area (Å²) < 4.78 is 21.7. The molecule has 47 heavy (non-hydrogen) atoms. The molecule has 0 saturated heterocycles. The summed E-state index contributed by atoms with van der Waals surface area (Å²) in [6.45, 7) is -4.49. The van der Waals surface area contributed by atoms with Gasteiger partial charge in [-0.1, -0.05) is 0 Å². The number of ether oxygens (including phenoxy) is 4. The average molecular weight is 677 g/mol. The van der Waals surface area contributed by atoms with Gasteiger partial charge in [0.25, 0.3) is 0 Å². The van der Waals surface area contributed by atoms with Crippen LogP contribution in [-0.2, 0) is 72.6 Å². The summed E-state index contributed by atoms with van der Waals surface area (Å²) in [4.78, 5) is 114. The molecule has 0 aliphatic heterocycles. The van der Waals surface area contributed by atoms with Gasteiger partial charge >= 0.3 is 52.0 Å². The van der Waals surface area contributed by atoms with Crippen LogP contribution in [0.15, 0.2) is 28.8 Å². The van der Waals surface area contributed by atoms with Gasteiger partial charge in [0, 0.05) is 7.11 Å². The lowest BCUT2D eigenvalue weighted by molar-refractivity contribution is -0.147. The third-order valence-electron chi connectivity index (χ3n) is 6.02. The Labute approximate surface area is 262 Å². The smallest absolute Gasteiger partial charge is 0.337 e. The van der Waals surface area contributed by atoms with Crippen molar-refractivity contribution in [2.24, 2.45) is 0 Å². The van der Waals surface area contributed by atoms with Crippen LogP contribution in [-0.4, -0.2) is 113 Å². The summed E-state index contributed by atoms with van der Waals surface area (Å²) in [6.07, 6.45) is -2.19. The summed E-state index contributed by atoms with van der Waals surface area (Å²) in [5.74, 6) is -3.68. The Bertz CT molecular complexity index is 1730. The molecule has 0 saturated carbocycles. The number of nitrogens with zero attached hydrogens (tertiary/aromatic N) is 6. The Kier molecular flexibility index (Phi) is 14.4. The minimum atomic E-state index is -1.48. The van der Waals surface area contributed by atoms with Gasteiger partial charge in [0.2, 0.25) is 0 Å². The number of aromatic nitrogens is 6. The lowest BCUT2D eigenvalue weighted by atomic mass is 10.4. The molecule has 2 heterocycles. The van der Waals surface area contributed by atoms with E-state index in [9.17, 15) is 58.5 Å². The molecule has 22 heteroatoms. The van der Waals surface area contributed by atoms with Gasteiger partial charge in [-0.2, -0.15) is 0 Å². The molecule has 0 aromatic carbocycles. The first-order valence-electron chi connectivity index (χ1n) is 14.0. The zero-order valence-electron chi connectivity index (χ0n) is 25.8. The van der Waals surface area contributed by atoms with Gasteiger partial charge in [-0.25, -0.2) is 56.2 Å². The Morgan fingerprint density at radius 3 is 1.21 bits per heavy atom. The highest BCUT2D eigenvalue weighted by atomic mass is 16.5. The van der Waals surface area contributed by atoms with Gasteiger partial charge in [0.15, 0.2) is 0 Å². The number of rotatable bonds is 18. The second kappa shape index (κ2) is 17.7. The monoisotopic (exact) mass is 676 g/mol. The molecule has 0 fully saturated rings. The van der Waals surface area contributed by atoms with Crippen LogP contribution in [0.2, 0.25) is 0 Å². The van der Waals surface area contributed by atoms with Crippen LogP contribution in [0.5, 0.6) is 0 Å². The first kappa shape index (κ1) is 38.3. The van der Waals surface area contributed by atoms with E-state index >= 15 is 0 Å². The summed E-state index contributed by atoms with van der Waals surface area (Å²) >= 11 is 0. The maximum atomic E-state index is 13.1. The zero-order valence-corrected chi connectivity index (χ0v) is 25.8. The number of carbonyl (C=O) groups excluding carboxylic acids is 3. The summed E-state index contributed by atoms with van der Waals surface area (Å²) in [5.41, 5.74) is -7.60. The molecule has 0 aliphatic rings. The van der Waals surface area contributed by atoms with Crippen molar-refractivity contribution in [3.8, 4) is 0 Å². The Balaban J connectivity index is 2.41. The predicted molar refractivity (Wildman–Crippen MR) is 154 cm³/mol. The molecule has 2 unspecified atom stereocenters. The predicted octanol–water partition coefficient (Wildman–Crippen LogP) is -6.61. The molecule has 0 bridgehead atoms. The van der Waals surface area contributed by atoms with Gasteiger partial charge in [0.05, 0.1) is 45.1 Å². The number of hydrogen-bond acceptors (Lipinski definition) is 16. The third-order valence-corrected chi connectivity index (χ3v) is 6.02. The molecule has 22 nitrogen and oxygen atoms in total. The van der Waals surface area contributed by atoms with E-state index < -0.39 is 123 Å². The van der Waals surface area contributed by atoms with E-state index in [0.29, 0.717) is 13.7 Å². The molecule has 0 spiro atoms. The molecule has 0 amide bonds. The summed E-state index contributed by atoms with van der Waals surface area (Å²) in [7, 11) is 1.31. The van der Waals surface area contributed by atoms with E-state index in [-0.39, 0.29) is 26.9 Å². The lowest BCUT2D eigenvalue weighted by Gasteiger charge is -2.15. The van der Waals surface area contributed by atoms with Gasteiger partial charge in [-0.05, 0) is 13.8 Å². The number of aliphatic hydroxyl groups excluding tert-OH is 3. The number of hydrogen-bond donors (Lipinski definition) is 3. The van der Waals surface area contributed by atoms with E-state index in [1.54, 1.807) is 0 Å². The van der Waals surface area contributed by atoms with Crippen molar-refractivity contribution in [2.45, 2.75) is 65.3 Å². The molecule has 2 atom stereocenters. The van der Waals surface area contributed by atoms with Crippen molar-refractivity contribution in [3.05, 3.63) is 62.9 Å². The fraction of sp³-hybridized carbons (Fsp3) is 0.640. The van der Waals surface area contributed by atoms with Gasteiger partial charge in [-0.3, -0.25) is 14.4 Å². The van der Waals surface area contributed by atoms with E-state index in [0.717, 1.165) is 0 Å². The molecule has 2 aromatic heterocycles. The van der Waals surface area contributed by atoms with Crippen LogP contribution in [0, 0.1) is 0 Å². The van der Waals surface area contributed by atoms with Crippen LogP contribution in [0.4, 0.5) is 0 Å². The highest BCUT2D eigenvalue weighted by molar-refractivity contribution is 5.70. The molecule has 3 N–H and O–H groups in total. The van der Waals surface area contributed by atoms with Crippen molar-refractivity contribution in [1.82, 2.24) is 27.4 Å². The molecular formula is C25H36N6O16. The van der Waals surface area contributed by atoms with Crippen molar-refractivity contribution in [2.75, 3.05) is 40.1 Å². The highest BCUT2D eigenvalue weighted by Gasteiger charge is 2.23. The third kappa shape index (κ3) is 10.3. The van der Waals surface area contributed by atoms with E-state index in [1.165, 1.54) is 21.0 Å². The molecule has 262 valence electrons. The largest absolute Gasteiger partial charge is 0.462 e. The van der Waals surface area contributed by atoms with Crippen molar-refractivity contribution < 1.29 is 48.7 Å². The van der Waals surface area contributed by atoms with Crippen molar-refractivity contribution in [1.29, 1.82) is 0 Å². The standard InChI is InChI=1S/C25H36N6O16/c1-15(33)13-46-18(36)11-30-23(41)29(24(42)31(25(30)43)12-19(37)47-14-16(2)34)10-17(35)45-9-6-28-21(39)26(4-7-32)20(38)27(22(28)40)5-8-44-3/h15-16,32-34H,4-14H2,1-3H3. The van der Waals surface area contributed by atoms with Crippen molar-refractivity contribution in [3.63, 3.8) is 0 Å².